The van der Waals surface area contributed by atoms with Crippen LogP contribution in [0.4, 0.5) is 0 Å². The summed E-state index contributed by atoms with van der Waals surface area (Å²) in [6, 6.07) is 3.61. The van der Waals surface area contributed by atoms with E-state index < -0.39 is 0 Å². The molecule has 1 atom stereocenters. The van der Waals surface area contributed by atoms with E-state index in [2.05, 4.69) is 4.98 Å². The van der Waals surface area contributed by atoms with Crippen LogP contribution >= 0.6 is 0 Å². The number of hydrogen-bond acceptors (Lipinski definition) is 4. The lowest BCUT2D eigenvalue weighted by Gasteiger charge is -2.14. The van der Waals surface area contributed by atoms with Crippen LogP contribution in [-0.2, 0) is 6.42 Å². The fraction of sp³-hybridized carbons (Fsp3) is 0.400. The van der Waals surface area contributed by atoms with Gasteiger partial charge >= 0.3 is 0 Å². The van der Waals surface area contributed by atoms with Gasteiger partial charge in [-0.1, -0.05) is 6.92 Å². The standard InChI is InChI=1S/C15H20N2O2/c1-4-14-13(5-6-18-14)15(16)11-7-12(9-17-8-11)19-10(2)3/h5-10,15H,4,16H2,1-3H3. The Bertz CT molecular complexity index is 534. The highest BCUT2D eigenvalue weighted by Crippen LogP contribution is 2.26. The van der Waals surface area contributed by atoms with Crippen molar-refractivity contribution < 1.29 is 9.15 Å². The quantitative estimate of drug-likeness (QED) is 0.897. The van der Waals surface area contributed by atoms with E-state index >= 15 is 0 Å². The number of ether oxygens (including phenoxy) is 1. The highest BCUT2D eigenvalue weighted by Gasteiger charge is 2.16. The molecular formula is C15H20N2O2. The molecule has 0 bridgehead atoms. The number of hydrogen-bond donors (Lipinski definition) is 1. The second-order valence-electron chi connectivity index (χ2n) is 4.75. The second-order valence-corrected chi connectivity index (χ2v) is 4.75. The minimum Gasteiger partial charge on any atom is -0.489 e. The van der Waals surface area contributed by atoms with E-state index in [1.807, 2.05) is 32.9 Å². The van der Waals surface area contributed by atoms with Gasteiger partial charge in [-0.3, -0.25) is 4.98 Å². The Morgan fingerprint density at radius 3 is 2.84 bits per heavy atom. The first-order valence-electron chi connectivity index (χ1n) is 6.55. The summed E-state index contributed by atoms with van der Waals surface area (Å²) in [5, 5.41) is 0. The maximum absolute atomic E-state index is 6.28. The Kier molecular flexibility index (Phi) is 4.22. The van der Waals surface area contributed by atoms with Crippen molar-refractivity contribution >= 4 is 0 Å². The molecule has 0 aliphatic rings. The molecule has 0 aromatic carbocycles. The van der Waals surface area contributed by atoms with Gasteiger partial charge in [0.05, 0.1) is 24.6 Å². The van der Waals surface area contributed by atoms with Gasteiger partial charge in [-0.25, -0.2) is 0 Å². The van der Waals surface area contributed by atoms with Crippen molar-refractivity contribution in [2.75, 3.05) is 0 Å². The van der Waals surface area contributed by atoms with Gasteiger partial charge in [0.25, 0.3) is 0 Å². The van der Waals surface area contributed by atoms with Gasteiger partial charge in [0.15, 0.2) is 0 Å². The predicted molar refractivity (Wildman–Crippen MR) is 74.1 cm³/mol. The molecule has 2 aromatic heterocycles. The summed E-state index contributed by atoms with van der Waals surface area (Å²) in [5.74, 6) is 1.66. The summed E-state index contributed by atoms with van der Waals surface area (Å²) in [6.07, 6.45) is 6.09. The minimum absolute atomic E-state index is 0.119. The van der Waals surface area contributed by atoms with Crippen molar-refractivity contribution in [2.45, 2.75) is 39.3 Å². The van der Waals surface area contributed by atoms with Crippen molar-refractivity contribution in [3.63, 3.8) is 0 Å². The van der Waals surface area contributed by atoms with Crippen LogP contribution in [0.5, 0.6) is 5.75 Å². The molecule has 4 heteroatoms. The third-order valence-electron chi connectivity index (χ3n) is 2.90. The van der Waals surface area contributed by atoms with Gasteiger partial charge in [-0.2, -0.15) is 0 Å². The first-order valence-corrected chi connectivity index (χ1v) is 6.55. The van der Waals surface area contributed by atoms with Crippen LogP contribution in [-0.4, -0.2) is 11.1 Å². The third kappa shape index (κ3) is 3.15. The van der Waals surface area contributed by atoms with Crippen molar-refractivity contribution in [1.82, 2.24) is 4.98 Å². The number of nitrogens with two attached hydrogens (primary N) is 1. The van der Waals surface area contributed by atoms with E-state index in [0.29, 0.717) is 0 Å². The normalized spacial score (nSPS) is 12.7. The van der Waals surface area contributed by atoms with Crippen LogP contribution in [0.3, 0.4) is 0 Å². The zero-order valence-electron chi connectivity index (χ0n) is 11.6. The molecule has 2 aromatic rings. The Morgan fingerprint density at radius 2 is 2.16 bits per heavy atom. The molecule has 102 valence electrons. The van der Waals surface area contributed by atoms with Crippen molar-refractivity contribution in [3.8, 4) is 5.75 Å². The van der Waals surface area contributed by atoms with Crippen LogP contribution < -0.4 is 10.5 Å². The SMILES string of the molecule is CCc1occc1C(N)c1cncc(OC(C)C)c1. The van der Waals surface area contributed by atoms with Crippen LogP contribution in [0.25, 0.3) is 0 Å². The summed E-state index contributed by atoms with van der Waals surface area (Å²) >= 11 is 0. The molecule has 1 unspecified atom stereocenters. The molecule has 0 saturated carbocycles. The van der Waals surface area contributed by atoms with Gasteiger partial charge in [-0.05, 0) is 31.5 Å². The molecule has 0 aliphatic heterocycles. The van der Waals surface area contributed by atoms with Gasteiger partial charge in [0.1, 0.15) is 11.5 Å². The number of aromatic nitrogens is 1. The summed E-state index contributed by atoms with van der Waals surface area (Å²) in [4.78, 5) is 4.19. The summed E-state index contributed by atoms with van der Waals surface area (Å²) in [6.45, 7) is 6.02. The summed E-state index contributed by atoms with van der Waals surface area (Å²) in [5.41, 5.74) is 8.21. The fourth-order valence-electron chi connectivity index (χ4n) is 2.04. The van der Waals surface area contributed by atoms with Crippen molar-refractivity contribution in [1.29, 1.82) is 0 Å². The van der Waals surface area contributed by atoms with E-state index in [1.54, 1.807) is 18.7 Å². The Morgan fingerprint density at radius 1 is 1.37 bits per heavy atom. The van der Waals surface area contributed by atoms with Crippen LogP contribution in [0.15, 0.2) is 35.2 Å². The van der Waals surface area contributed by atoms with Crippen LogP contribution in [0.2, 0.25) is 0 Å². The van der Waals surface area contributed by atoms with Crippen LogP contribution in [0, 0.1) is 0 Å². The van der Waals surface area contributed by atoms with E-state index in [4.69, 9.17) is 14.9 Å². The molecule has 0 aliphatic carbocycles. The second kappa shape index (κ2) is 5.89. The zero-order chi connectivity index (χ0) is 13.8. The maximum Gasteiger partial charge on any atom is 0.138 e. The lowest BCUT2D eigenvalue weighted by molar-refractivity contribution is 0.241. The van der Waals surface area contributed by atoms with Gasteiger partial charge in [0.2, 0.25) is 0 Å². The first kappa shape index (κ1) is 13.6. The molecule has 0 saturated heterocycles. The largest absolute Gasteiger partial charge is 0.489 e. The van der Waals surface area contributed by atoms with E-state index in [9.17, 15) is 0 Å². The number of rotatable bonds is 5. The molecule has 2 heterocycles. The van der Waals surface area contributed by atoms with Gasteiger partial charge < -0.3 is 14.9 Å². The molecule has 2 N–H and O–H groups in total. The lowest BCUT2D eigenvalue weighted by atomic mass is 10.0. The fourth-order valence-corrected chi connectivity index (χ4v) is 2.04. The Balaban J connectivity index is 2.26. The van der Waals surface area contributed by atoms with E-state index in [0.717, 1.165) is 29.1 Å². The highest BCUT2D eigenvalue weighted by atomic mass is 16.5. The number of pyridine rings is 1. The third-order valence-corrected chi connectivity index (χ3v) is 2.90. The smallest absolute Gasteiger partial charge is 0.138 e. The maximum atomic E-state index is 6.28. The highest BCUT2D eigenvalue weighted by molar-refractivity contribution is 5.34. The Labute approximate surface area is 113 Å². The average molecular weight is 260 g/mol. The van der Waals surface area contributed by atoms with E-state index in [1.165, 1.54) is 0 Å². The molecule has 0 radical (unpaired) electrons. The van der Waals surface area contributed by atoms with Crippen molar-refractivity contribution in [2.24, 2.45) is 5.73 Å². The molecule has 2 rings (SSSR count). The predicted octanol–water partition coefficient (Wildman–Crippen LogP) is 3.07. The number of furan rings is 1. The number of nitrogens with zero attached hydrogens (tertiary/aromatic N) is 1. The monoisotopic (exact) mass is 260 g/mol. The molecule has 0 fully saturated rings. The lowest BCUT2D eigenvalue weighted by Crippen LogP contribution is -2.14. The summed E-state index contributed by atoms with van der Waals surface area (Å²) in [7, 11) is 0. The van der Waals surface area contributed by atoms with E-state index in [-0.39, 0.29) is 12.1 Å². The molecule has 19 heavy (non-hydrogen) atoms. The van der Waals surface area contributed by atoms with Crippen LogP contribution in [0.1, 0.15) is 43.7 Å². The van der Waals surface area contributed by atoms with Gasteiger partial charge in [0, 0.05) is 18.2 Å². The first-order chi connectivity index (χ1) is 9.11. The molecule has 4 nitrogen and oxygen atoms in total. The summed E-state index contributed by atoms with van der Waals surface area (Å²) < 4.78 is 11.1. The van der Waals surface area contributed by atoms with Crippen molar-refractivity contribution in [3.05, 3.63) is 47.7 Å². The molecule has 0 spiro atoms. The topological polar surface area (TPSA) is 61.3 Å². The molecule has 0 amide bonds. The minimum atomic E-state index is -0.239. The average Bonchev–Trinajstić information content (AvgIpc) is 2.85. The Hall–Kier alpha value is -1.81. The zero-order valence-corrected chi connectivity index (χ0v) is 11.6. The van der Waals surface area contributed by atoms with Gasteiger partial charge in [-0.15, -0.1) is 0 Å². The molecular weight excluding hydrogens is 240 g/mol. The number of aryl methyl sites for hydroxylation is 1.